The zero-order chi connectivity index (χ0) is 11.8. The maximum atomic E-state index is 9.13. The van der Waals surface area contributed by atoms with Gasteiger partial charge in [-0.15, -0.1) is 0 Å². The Hall–Kier alpha value is -1.02. The number of aromatic hydroxyl groups is 1. The lowest BCUT2D eigenvalue weighted by atomic mass is 10.1. The summed E-state index contributed by atoms with van der Waals surface area (Å²) in [5.74, 6) is 1.15. The lowest BCUT2D eigenvalue weighted by Crippen LogP contribution is -2.14. The van der Waals surface area contributed by atoms with Crippen molar-refractivity contribution in [1.82, 2.24) is 5.32 Å². The first-order chi connectivity index (χ1) is 7.68. The Morgan fingerprint density at radius 2 is 1.81 bits per heavy atom. The smallest absolute Gasteiger partial charge is 0.115 e. The first-order valence-electron chi connectivity index (χ1n) is 6.17. The van der Waals surface area contributed by atoms with Gasteiger partial charge in [0, 0.05) is 6.54 Å². The van der Waals surface area contributed by atoms with Gasteiger partial charge in [0.2, 0.25) is 0 Å². The van der Waals surface area contributed by atoms with Gasteiger partial charge in [0.15, 0.2) is 0 Å². The highest BCUT2D eigenvalue weighted by molar-refractivity contribution is 5.25. The van der Waals surface area contributed by atoms with E-state index in [0.29, 0.717) is 5.75 Å². The molecule has 0 saturated heterocycles. The van der Waals surface area contributed by atoms with E-state index in [0.717, 1.165) is 19.0 Å². The fourth-order valence-electron chi connectivity index (χ4n) is 1.65. The molecule has 0 bridgehead atoms. The first-order valence-corrected chi connectivity index (χ1v) is 6.17. The Bertz CT molecular complexity index is 279. The monoisotopic (exact) mass is 221 g/mol. The molecule has 1 rings (SSSR count). The van der Waals surface area contributed by atoms with Gasteiger partial charge < -0.3 is 10.4 Å². The normalized spacial score (nSPS) is 10.9. The molecule has 0 aliphatic heterocycles. The van der Waals surface area contributed by atoms with Crippen molar-refractivity contribution in [2.24, 2.45) is 5.92 Å². The topological polar surface area (TPSA) is 32.3 Å². The van der Waals surface area contributed by atoms with Crippen LogP contribution in [-0.2, 0) is 6.54 Å². The highest BCUT2D eigenvalue weighted by Gasteiger charge is 1.95. The van der Waals surface area contributed by atoms with Crippen molar-refractivity contribution < 1.29 is 5.11 Å². The van der Waals surface area contributed by atoms with Crippen molar-refractivity contribution in [1.29, 1.82) is 0 Å². The van der Waals surface area contributed by atoms with Crippen LogP contribution in [0.3, 0.4) is 0 Å². The van der Waals surface area contributed by atoms with Crippen LogP contribution in [0.2, 0.25) is 0 Å². The lowest BCUT2D eigenvalue weighted by molar-refractivity contribution is 0.475. The number of phenols is 1. The van der Waals surface area contributed by atoms with Crippen LogP contribution < -0.4 is 5.32 Å². The minimum atomic E-state index is 0.334. The molecule has 90 valence electrons. The summed E-state index contributed by atoms with van der Waals surface area (Å²) in [6, 6.07) is 7.37. The maximum absolute atomic E-state index is 9.13. The van der Waals surface area contributed by atoms with Gasteiger partial charge in [-0.3, -0.25) is 0 Å². The number of hydrogen-bond acceptors (Lipinski definition) is 2. The number of rotatable bonds is 7. The molecule has 0 spiro atoms. The summed E-state index contributed by atoms with van der Waals surface area (Å²) in [6.07, 6.45) is 3.87. The van der Waals surface area contributed by atoms with Gasteiger partial charge in [0.1, 0.15) is 5.75 Å². The highest BCUT2D eigenvalue weighted by Crippen LogP contribution is 2.09. The second-order valence-electron chi connectivity index (χ2n) is 4.73. The molecule has 0 radical (unpaired) electrons. The van der Waals surface area contributed by atoms with Crippen molar-refractivity contribution in [2.45, 2.75) is 39.7 Å². The lowest BCUT2D eigenvalue weighted by Gasteiger charge is -2.06. The van der Waals surface area contributed by atoms with E-state index in [-0.39, 0.29) is 0 Å². The fraction of sp³-hybridized carbons (Fsp3) is 0.571. The van der Waals surface area contributed by atoms with Crippen LogP contribution in [0.1, 0.15) is 38.7 Å². The van der Waals surface area contributed by atoms with Gasteiger partial charge in [-0.05, 0) is 36.6 Å². The Balaban J connectivity index is 2.05. The van der Waals surface area contributed by atoms with Gasteiger partial charge in [-0.25, -0.2) is 0 Å². The molecule has 0 aliphatic rings. The summed E-state index contributed by atoms with van der Waals surface area (Å²) < 4.78 is 0. The predicted molar refractivity (Wildman–Crippen MR) is 68.5 cm³/mol. The molecule has 16 heavy (non-hydrogen) atoms. The van der Waals surface area contributed by atoms with E-state index in [1.165, 1.54) is 24.8 Å². The third-order valence-electron chi connectivity index (χ3n) is 2.65. The summed E-state index contributed by atoms with van der Waals surface area (Å²) in [5, 5.41) is 12.5. The van der Waals surface area contributed by atoms with Gasteiger partial charge in [0.25, 0.3) is 0 Å². The van der Waals surface area contributed by atoms with Gasteiger partial charge in [-0.1, -0.05) is 38.8 Å². The van der Waals surface area contributed by atoms with Crippen molar-refractivity contribution in [2.75, 3.05) is 6.54 Å². The van der Waals surface area contributed by atoms with Crippen LogP contribution in [0.15, 0.2) is 24.3 Å². The summed E-state index contributed by atoms with van der Waals surface area (Å²) in [7, 11) is 0. The Kier molecular flexibility index (Phi) is 5.94. The van der Waals surface area contributed by atoms with E-state index < -0.39 is 0 Å². The van der Waals surface area contributed by atoms with E-state index in [9.17, 15) is 0 Å². The molecule has 0 saturated carbocycles. The highest BCUT2D eigenvalue weighted by atomic mass is 16.3. The Morgan fingerprint density at radius 3 is 2.44 bits per heavy atom. The molecule has 2 nitrogen and oxygen atoms in total. The van der Waals surface area contributed by atoms with Gasteiger partial charge in [-0.2, -0.15) is 0 Å². The molecule has 1 aromatic rings. The zero-order valence-corrected chi connectivity index (χ0v) is 10.4. The van der Waals surface area contributed by atoms with Crippen LogP contribution >= 0.6 is 0 Å². The molecule has 0 aromatic heterocycles. The summed E-state index contributed by atoms with van der Waals surface area (Å²) >= 11 is 0. The van der Waals surface area contributed by atoms with E-state index in [4.69, 9.17) is 5.11 Å². The van der Waals surface area contributed by atoms with E-state index in [1.807, 2.05) is 12.1 Å². The van der Waals surface area contributed by atoms with E-state index in [2.05, 4.69) is 19.2 Å². The molecule has 0 amide bonds. The van der Waals surface area contributed by atoms with Crippen molar-refractivity contribution in [3.63, 3.8) is 0 Å². The quantitative estimate of drug-likeness (QED) is 0.692. The summed E-state index contributed by atoms with van der Waals surface area (Å²) in [6.45, 7) is 6.50. The van der Waals surface area contributed by atoms with Crippen LogP contribution in [0, 0.1) is 5.92 Å². The average Bonchev–Trinajstić information content (AvgIpc) is 2.25. The second-order valence-corrected chi connectivity index (χ2v) is 4.73. The number of unbranched alkanes of at least 4 members (excludes halogenated alkanes) is 1. The third kappa shape index (κ3) is 5.76. The predicted octanol–water partition coefficient (Wildman–Crippen LogP) is 3.31. The Morgan fingerprint density at radius 1 is 1.12 bits per heavy atom. The summed E-state index contributed by atoms with van der Waals surface area (Å²) in [4.78, 5) is 0. The molecule has 2 heteroatoms. The average molecular weight is 221 g/mol. The number of nitrogens with one attached hydrogen (secondary N) is 1. The minimum absolute atomic E-state index is 0.334. The molecule has 0 unspecified atom stereocenters. The molecule has 0 fully saturated rings. The molecular weight excluding hydrogens is 198 g/mol. The number of phenolic OH excluding ortho intramolecular Hbond substituents is 1. The number of hydrogen-bond donors (Lipinski definition) is 2. The van der Waals surface area contributed by atoms with Crippen LogP contribution in [-0.4, -0.2) is 11.7 Å². The van der Waals surface area contributed by atoms with Crippen LogP contribution in [0.4, 0.5) is 0 Å². The van der Waals surface area contributed by atoms with Crippen molar-refractivity contribution in [3.05, 3.63) is 29.8 Å². The first kappa shape index (κ1) is 13.0. The third-order valence-corrected chi connectivity index (χ3v) is 2.65. The Labute approximate surface area is 98.7 Å². The largest absolute Gasteiger partial charge is 0.508 e. The van der Waals surface area contributed by atoms with E-state index in [1.54, 1.807) is 12.1 Å². The molecule has 0 atom stereocenters. The standard InChI is InChI=1S/C14H23NO/c1-12(2)5-3-4-10-15-11-13-6-8-14(16)9-7-13/h6-9,12,15-16H,3-5,10-11H2,1-2H3. The van der Waals surface area contributed by atoms with Crippen LogP contribution in [0.5, 0.6) is 5.75 Å². The van der Waals surface area contributed by atoms with Gasteiger partial charge in [0.05, 0.1) is 0 Å². The second kappa shape index (κ2) is 7.29. The molecule has 0 aliphatic carbocycles. The van der Waals surface area contributed by atoms with E-state index >= 15 is 0 Å². The molecule has 0 heterocycles. The summed E-state index contributed by atoms with van der Waals surface area (Å²) in [5.41, 5.74) is 1.22. The molecular formula is C14H23NO. The SMILES string of the molecule is CC(C)CCCCNCc1ccc(O)cc1. The van der Waals surface area contributed by atoms with Gasteiger partial charge >= 0.3 is 0 Å². The zero-order valence-electron chi connectivity index (χ0n) is 10.4. The fourth-order valence-corrected chi connectivity index (χ4v) is 1.65. The van der Waals surface area contributed by atoms with Crippen molar-refractivity contribution >= 4 is 0 Å². The van der Waals surface area contributed by atoms with Crippen molar-refractivity contribution in [3.8, 4) is 5.75 Å². The molecule has 1 aromatic carbocycles. The maximum Gasteiger partial charge on any atom is 0.115 e. The number of benzene rings is 1. The van der Waals surface area contributed by atoms with Crippen LogP contribution in [0.25, 0.3) is 0 Å². The molecule has 2 N–H and O–H groups in total. The minimum Gasteiger partial charge on any atom is -0.508 e.